The lowest BCUT2D eigenvalue weighted by molar-refractivity contribution is -0.137. The number of hydrogen-bond acceptors (Lipinski definition) is 7. The average Bonchev–Trinajstić information content (AvgIpc) is 3.31. The molecule has 0 aliphatic heterocycles. The van der Waals surface area contributed by atoms with Crippen LogP contribution in [0, 0.1) is 18.3 Å². The van der Waals surface area contributed by atoms with Crippen molar-refractivity contribution in [1.29, 1.82) is 5.26 Å². The highest BCUT2D eigenvalue weighted by atomic mass is 35.5. The van der Waals surface area contributed by atoms with Crippen molar-refractivity contribution in [3.63, 3.8) is 0 Å². The van der Waals surface area contributed by atoms with E-state index < -0.39 is 29.1 Å². The molecule has 14 heteroatoms. The van der Waals surface area contributed by atoms with Crippen LogP contribution >= 0.6 is 11.6 Å². The van der Waals surface area contributed by atoms with Gasteiger partial charge in [-0.15, -0.1) is 5.10 Å². The molecule has 224 valence electrons. The number of pyridine rings is 1. The number of halogens is 4. The van der Waals surface area contributed by atoms with E-state index in [9.17, 15) is 28.0 Å². The summed E-state index contributed by atoms with van der Waals surface area (Å²) in [5.74, 6) is -1.15. The van der Waals surface area contributed by atoms with Gasteiger partial charge in [-0.1, -0.05) is 24.3 Å². The Morgan fingerprint density at radius 3 is 2.37 bits per heavy atom. The summed E-state index contributed by atoms with van der Waals surface area (Å²) in [5.41, 5.74) is -0.768. The highest BCUT2D eigenvalue weighted by molar-refractivity contribution is 6.31. The number of anilines is 3. The van der Waals surface area contributed by atoms with Crippen molar-refractivity contribution in [1.82, 2.24) is 20.1 Å². The summed E-state index contributed by atoms with van der Waals surface area (Å²) in [6.45, 7) is 12.1. The molecule has 2 aromatic heterocycles. The summed E-state index contributed by atoms with van der Waals surface area (Å²) in [6, 6.07) is 8.16. The van der Waals surface area contributed by atoms with Crippen molar-refractivity contribution in [3.05, 3.63) is 82.2 Å². The number of allylic oxidation sites excluding steroid dienone is 2. The molecule has 0 saturated heterocycles. The Morgan fingerprint density at radius 2 is 1.84 bits per heavy atom. The van der Waals surface area contributed by atoms with Gasteiger partial charge < -0.3 is 16.0 Å². The van der Waals surface area contributed by atoms with Gasteiger partial charge in [0.05, 0.1) is 33.5 Å². The summed E-state index contributed by atoms with van der Waals surface area (Å²) < 4.78 is 40.0. The first kappa shape index (κ1) is 32.6. The van der Waals surface area contributed by atoms with E-state index in [1.165, 1.54) is 37.4 Å². The van der Waals surface area contributed by atoms with Crippen LogP contribution in [0.5, 0.6) is 0 Å². The van der Waals surface area contributed by atoms with Gasteiger partial charge in [0.25, 0.3) is 11.8 Å². The Kier molecular flexibility index (Phi) is 9.78. The number of carbonyl (C=O) groups excluding carboxylic acids is 2. The van der Waals surface area contributed by atoms with E-state index in [0.717, 1.165) is 16.8 Å². The molecule has 0 unspecified atom stereocenters. The molecule has 3 aromatic rings. The Morgan fingerprint density at radius 1 is 1.14 bits per heavy atom. The molecule has 2 heterocycles. The number of alkyl halides is 3. The number of hydrogen-bond donors (Lipinski definition) is 3. The maximum absolute atomic E-state index is 13.7. The molecule has 0 aliphatic rings. The number of nitrogens with one attached hydrogen (secondary N) is 3. The van der Waals surface area contributed by atoms with Crippen LogP contribution in [-0.4, -0.2) is 38.3 Å². The van der Waals surface area contributed by atoms with Crippen LogP contribution in [-0.2, 0) is 6.18 Å². The molecule has 0 atom stereocenters. The second kappa shape index (κ2) is 12.9. The molecule has 0 saturated carbocycles. The molecular weight excluding hydrogens is 585 g/mol. The summed E-state index contributed by atoms with van der Waals surface area (Å²) >= 11 is 6.28. The maximum atomic E-state index is 13.7. The number of rotatable bonds is 8. The molecule has 3 rings (SSSR count). The van der Waals surface area contributed by atoms with Gasteiger partial charge in [0.2, 0.25) is 0 Å². The van der Waals surface area contributed by atoms with Crippen LogP contribution < -0.4 is 16.0 Å². The van der Waals surface area contributed by atoms with Crippen molar-refractivity contribution >= 4 is 52.8 Å². The number of benzene rings is 1. The van der Waals surface area contributed by atoms with Crippen LogP contribution in [0.1, 0.15) is 65.2 Å². The van der Waals surface area contributed by atoms with Gasteiger partial charge in [0.15, 0.2) is 11.6 Å². The van der Waals surface area contributed by atoms with Gasteiger partial charge in [-0.25, -0.2) is 14.7 Å². The predicted octanol–water partition coefficient (Wildman–Crippen LogP) is 6.64. The lowest BCUT2D eigenvalue weighted by Gasteiger charge is -2.22. The van der Waals surface area contributed by atoms with Crippen molar-refractivity contribution in [3.8, 4) is 6.07 Å². The number of nitriles is 1. The molecular formula is C29H28ClF3N8O2. The fourth-order valence-electron chi connectivity index (χ4n) is 3.73. The maximum Gasteiger partial charge on any atom is 0.417 e. The van der Waals surface area contributed by atoms with E-state index in [0.29, 0.717) is 11.8 Å². The molecule has 2 amide bonds. The minimum absolute atomic E-state index is 0.0244. The van der Waals surface area contributed by atoms with Gasteiger partial charge in [-0.05, 0) is 64.4 Å². The molecule has 0 radical (unpaired) electrons. The first-order valence-electron chi connectivity index (χ1n) is 12.6. The second-order valence-corrected chi connectivity index (χ2v) is 10.8. The van der Waals surface area contributed by atoms with E-state index in [1.807, 2.05) is 6.07 Å². The fourth-order valence-corrected chi connectivity index (χ4v) is 3.86. The minimum Gasteiger partial charge on any atom is -0.347 e. The zero-order chi connectivity index (χ0) is 32.1. The van der Waals surface area contributed by atoms with Crippen LogP contribution in [0.2, 0.25) is 0 Å². The summed E-state index contributed by atoms with van der Waals surface area (Å²) in [7, 11) is 0. The molecule has 3 N–H and O–H groups in total. The lowest BCUT2D eigenvalue weighted by Crippen LogP contribution is -2.41. The molecule has 43 heavy (non-hydrogen) atoms. The van der Waals surface area contributed by atoms with Gasteiger partial charge in [0.1, 0.15) is 11.5 Å². The lowest BCUT2D eigenvalue weighted by atomic mass is 10.0. The largest absolute Gasteiger partial charge is 0.417 e. The van der Waals surface area contributed by atoms with E-state index in [2.05, 4.69) is 37.6 Å². The zero-order valence-corrected chi connectivity index (χ0v) is 24.6. The molecule has 0 spiro atoms. The van der Waals surface area contributed by atoms with E-state index in [1.54, 1.807) is 27.7 Å². The summed E-state index contributed by atoms with van der Waals surface area (Å²) in [4.78, 5) is 34.9. The monoisotopic (exact) mass is 612 g/mol. The number of aliphatic imine (C=N–C) groups is 1. The fraction of sp³-hybridized carbons (Fsp3) is 0.241. The quantitative estimate of drug-likeness (QED) is 0.244. The third-order valence-corrected chi connectivity index (χ3v) is 5.71. The molecule has 1 aromatic carbocycles. The minimum atomic E-state index is -4.56. The van der Waals surface area contributed by atoms with Crippen LogP contribution in [0.4, 0.5) is 30.5 Å². The van der Waals surface area contributed by atoms with Crippen molar-refractivity contribution in [2.45, 2.75) is 46.3 Å². The predicted molar refractivity (Wildman–Crippen MR) is 159 cm³/mol. The van der Waals surface area contributed by atoms with Crippen LogP contribution in [0.25, 0.3) is 5.82 Å². The Hall–Kier alpha value is -4.96. The normalized spacial score (nSPS) is 12.4. The molecule has 0 aliphatic carbocycles. The van der Waals surface area contributed by atoms with Gasteiger partial charge >= 0.3 is 6.18 Å². The summed E-state index contributed by atoms with van der Waals surface area (Å²) in [6.07, 6.45) is -1.19. The van der Waals surface area contributed by atoms with Gasteiger partial charge in [0, 0.05) is 24.0 Å². The van der Waals surface area contributed by atoms with Crippen molar-refractivity contribution < 1.29 is 22.8 Å². The number of aromatic nitrogens is 3. The van der Waals surface area contributed by atoms with Crippen molar-refractivity contribution in [2.24, 2.45) is 4.99 Å². The Labute approximate surface area is 251 Å². The molecule has 0 fully saturated rings. The van der Waals surface area contributed by atoms with E-state index in [4.69, 9.17) is 11.6 Å². The number of nitrogens with zero attached hydrogens (tertiary/aromatic N) is 5. The van der Waals surface area contributed by atoms with Crippen LogP contribution in [0.3, 0.4) is 0 Å². The smallest absolute Gasteiger partial charge is 0.347 e. The van der Waals surface area contributed by atoms with Crippen LogP contribution in [0.15, 0.2) is 59.2 Å². The molecule has 0 bridgehead atoms. The SMILES string of the molecule is C=C/C=N\C(=C(/C)Cl)n1nc(Nc2ccc(C(F)(F)F)cn2)cc1C(=O)Nc1c(C)cc(C#N)cc1C(=O)NC(C)(C)C. The molecule has 10 nitrogen and oxygen atoms in total. The van der Waals surface area contributed by atoms with E-state index in [-0.39, 0.29) is 45.0 Å². The van der Waals surface area contributed by atoms with Crippen molar-refractivity contribution in [2.75, 3.05) is 10.6 Å². The summed E-state index contributed by atoms with van der Waals surface area (Å²) in [5, 5.41) is 22.3. The number of aryl methyl sites for hydroxylation is 1. The highest BCUT2D eigenvalue weighted by Crippen LogP contribution is 2.30. The standard InChI is InChI=1S/C29H28ClF3N8O2/c1-7-10-35-25(17(3)30)41-21(13-23(40-41)37-22-9-8-19(15-36-22)29(31,32)33)27(43)38-24-16(2)11-18(14-34)12-20(24)26(42)39-28(4,5)6/h7-13,15H,1H2,2-6H3,(H,38,43)(H,39,42)(H,36,37,40)/b25-17-,35-10-. The third kappa shape index (κ3) is 8.30. The zero-order valence-electron chi connectivity index (χ0n) is 23.9. The first-order chi connectivity index (χ1) is 20.0. The average molecular weight is 613 g/mol. The van der Waals surface area contributed by atoms with E-state index >= 15 is 0 Å². The van der Waals surface area contributed by atoms with Gasteiger partial charge in [-0.2, -0.15) is 18.4 Å². The Balaban J connectivity index is 2.10. The first-order valence-corrected chi connectivity index (χ1v) is 13.0. The highest BCUT2D eigenvalue weighted by Gasteiger charge is 2.31. The number of amides is 2. The second-order valence-electron chi connectivity index (χ2n) is 10.2. The topological polar surface area (TPSA) is 137 Å². The Bertz CT molecular complexity index is 1660. The number of carbonyl (C=O) groups is 2. The third-order valence-electron chi connectivity index (χ3n) is 5.54. The van der Waals surface area contributed by atoms with Gasteiger partial charge in [-0.3, -0.25) is 9.59 Å².